The molecule has 0 aliphatic carbocycles. The van der Waals surface area contributed by atoms with Crippen molar-refractivity contribution in [1.29, 1.82) is 0 Å². The normalized spacial score (nSPS) is 25.7. The average molecular weight is 380 g/mol. The molecule has 3 aliphatic rings. The first-order chi connectivity index (χ1) is 13.6. The van der Waals surface area contributed by atoms with E-state index < -0.39 is 0 Å². The summed E-state index contributed by atoms with van der Waals surface area (Å²) >= 11 is 0. The highest BCUT2D eigenvalue weighted by Crippen LogP contribution is 2.41. The third-order valence-corrected chi connectivity index (χ3v) is 6.43. The number of carbonyl (C=O) groups excluding carboxylic acids is 1. The lowest BCUT2D eigenvalue weighted by molar-refractivity contribution is -0.138. The Balaban J connectivity index is 1.65. The van der Waals surface area contributed by atoms with Crippen molar-refractivity contribution in [3.63, 3.8) is 0 Å². The van der Waals surface area contributed by atoms with Crippen molar-refractivity contribution in [2.75, 3.05) is 27.3 Å². The van der Waals surface area contributed by atoms with Gasteiger partial charge in [-0.2, -0.15) is 0 Å². The van der Waals surface area contributed by atoms with Crippen LogP contribution < -0.4 is 15.3 Å². The van der Waals surface area contributed by atoms with E-state index in [9.17, 15) is 4.79 Å². The summed E-state index contributed by atoms with van der Waals surface area (Å²) in [7, 11) is 3.11. The molecule has 1 fully saturated rings. The van der Waals surface area contributed by atoms with E-state index in [4.69, 9.17) is 14.2 Å². The minimum Gasteiger partial charge on any atom is -0.497 e. The van der Waals surface area contributed by atoms with Crippen LogP contribution in [0.15, 0.2) is 30.0 Å². The SMILES string of the molecule is COC(=O)C1=COC(C)C2CN3CC=c4c([nH]c5cc(OC)ccc45)=C3CC12. The number of carbonyl (C=O) groups is 1. The van der Waals surface area contributed by atoms with Gasteiger partial charge in [-0.15, -0.1) is 0 Å². The topological polar surface area (TPSA) is 63.8 Å². The zero-order valence-electron chi connectivity index (χ0n) is 16.3. The molecule has 3 aliphatic heterocycles. The van der Waals surface area contributed by atoms with Crippen molar-refractivity contribution >= 4 is 28.6 Å². The third kappa shape index (κ3) is 2.44. The van der Waals surface area contributed by atoms with Gasteiger partial charge >= 0.3 is 5.97 Å². The molecule has 6 nitrogen and oxygen atoms in total. The van der Waals surface area contributed by atoms with Crippen molar-refractivity contribution in [2.45, 2.75) is 19.4 Å². The molecule has 0 amide bonds. The van der Waals surface area contributed by atoms with E-state index in [1.165, 1.54) is 23.4 Å². The highest BCUT2D eigenvalue weighted by Gasteiger charge is 2.43. The number of H-pyrrole nitrogens is 1. The first kappa shape index (κ1) is 17.2. The molecule has 1 aromatic heterocycles. The summed E-state index contributed by atoms with van der Waals surface area (Å²) in [4.78, 5) is 18.3. The van der Waals surface area contributed by atoms with E-state index in [0.29, 0.717) is 5.57 Å². The Hall–Kier alpha value is -2.89. The summed E-state index contributed by atoms with van der Waals surface area (Å²) in [5.41, 5.74) is 2.98. The Bertz CT molecular complexity index is 1110. The fraction of sp³-hybridized carbons (Fsp3) is 0.409. The van der Waals surface area contributed by atoms with E-state index in [2.05, 4.69) is 29.0 Å². The number of hydrogen-bond donors (Lipinski definition) is 1. The number of methoxy groups -OCH3 is 2. The smallest absolute Gasteiger partial charge is 0.337 e. The number of benzene rings is 1. The predicted octanol–water partition coefficient (Wildman–Crippen LogP) is 1.49. The van der Waals surface area contributed by atoms with Gasteiger partial charge in [0.2, 0.25) is 0 Å². The van der Waals surface area contributed by atoms with Gasteiger partial charge in [0, 0.05) is 47.3 Å². The number of piperidine rings is 1. The average Bonchev–Trinajstić information content (AvgIpc) is 3.10. The fourth-order valence-electron chi connectivity index (χ4n) is 4.89. The zero-order chi connectivity index (χ0) is 19.4. The second-order valence-electron chi connectivity index (χ2n) is 7.76. The Morgan fingerprint density at radius 1 is 1.32 bits per heavy atom. The molecular formula is C22H24N2O4. The van der Waals surface area contributed by atoms with Gasteiger partial charge in [0.1, 0.15) is 11.9 Å². The summed E-state index contributed by atoms with van der Waals surface area (Å²) in [6.45, 7) is 3.82. The molecule has 3 atom stereocenters. The van der Waals surface area contributed by atoms with Crippen molar-refractivity contribution in [3.8, 4) is 5.75 Å². The van der Waals surface area contributed by atoms with Crippen molar-refractivity contribution in [3.05, 3.63) is 40.6 Å². The molecule has 1 N–H and O–H groups in total. The summed E-state index contributed by atoms with van der Waals surface area (Å²) in [6, 6.07) is 6.14. The summed E-state index contributed by atoms with van der Waals surface area (Å²) < 4.78 is 16.2. The number of esters is 1. The maximum Gasteiger partial charge on any atom is 0.337 e. The molecule has 6 heteroatoms. The second kappa shape index (κ2) is 6.33. The number of hydrogen-bond acceptors (Lipinski definition) is 5. The largest absolute Gasteiger partial charge is 0.497 e. The van der Waals surface area contributed by atoms with Crippen molar-refractivity contribution in [2.24, 2.45) is 11.8 Å². The maximum absolute atomic E-state index is 12.3. The lowest BCUT2D eigenvalue weighted by atomic mass is 9.75. The number of nitrogens with one attached hydrogen (secondary N) is 1. The Labute approximate surface area is 163 Å². The van der Waals surface area contributed by atoms with Crippen LogP contribution >= 0.6 is 0 Å². The molecule has 5 rings (SSSR count). The Kier molecular flexibility index (Phi) is 3.89. The van der Waals surface area contributed by atoms with Gasteiger partial charge in [-0.25, -0.2) is 4.79 Å². The standard InChI is InChI=1S/C22H24N2O4/c1-12-17-10-24-7-6-15-14-5-4-13(26-2)8-19(14)23-21(15)20(24)9-16(17)18(11-28-12)22(25)27-3/h4-6,8,11-12,16-17,23H,7,9-10H2,1-3H3. The van der Waals surface area contributed by atoms with Crippen LogP contribution in [0.1, 0.15) is 13.3 Å². The minimum absolute atomic E-state index is 0.0772. The van der Waals surface area contributed by atoms with Crippen LogP contribution in [0, 0.1) is 11.8 Å². The number of rotatable bonds is 2. The molecule has 1 saturated heterocycles. The second-order valence-corrected chi connectivity index (χ2v) is 7.76. The molecule has 0 bridgehead atoms. The number of ether oxygens (including phenoxy) is 3. The molecule has 1 aromatic carbocycles. The van der Waals surface area contributed by atoms with E-state index >= 15 is 0 Å². The number of aromatic nitrogens is 1. The molecule has 0 spiro atoms. The van der Waals surface area contributed by atoms with Gasteiger partial charge in [0.25, 0.3) is 0 Å². The van der Waals surface area contributed by atoms with Gasteiger partial charge in [-0.05, 0) is 25.5 Å². The lowest BCUT2D eigenvalue weighted by Crippen LogP contribution is -2.51. The number of nitrogens with zero attached hydrogens (tertiary/aromatic N) is 1. The van der Waals surface area contributed by atoms with E-state index in [-0.39, 0.29) is 23.9 Å². The van der Waals surface area contributed by atoms with Crippen LogP contribution in [-0.2, 0) is 14.3 Å². The maximum atomic E-state index is 12.3. The quantitative estimate of drug-likeness (QED) is 0.800. The summed E-state index contributed by atoms with van der Waals surface area (Å²) in [5.74, 6) is 0.919. The van der Waals surface area contributed by atoms with Crippen LogP contribution in [-0.4, -0.2) is 49.3 Å². The summed E-state index contributed by atoms with van der Waals surface area (Å²) in [5, 5.41) is 3.59. The van der Waals surface area contributed by atoms with Gasteiger partial charge < -0.3 is 24.1 Å². The summed E-state index contributed by atoms with van der Waals surface area (Å²) in [6.07, 6.45) is 4.77. The molecular weight excluding hydrogens is 356 g/mol. The third-order valence-electron chi connectivity index (χ3n) is 6.43. The van der Waals surface area contributed by atoms with Crippen LogP contribution in [0.5, 0.6) is 5.75 Å². The Morgan fingerprint density at radius 2 is 2.18 bits per heavy atom. The molecule has 2 aromatic rings. The van der Waals surface area contributed by atoms with E-state index in [1.54, 1.807) is 13.4 Å². The van der Waals surface area contributed by atoms with Gasteiger partial charge in [-0.3, -0.25) is 0 Å². The lowest BCUT2D eigenvalue weighted by Gasteiger charge is -2.45. The molecule has 28 heavy (non-hydrogen) atoms. The van der Waals surface area contributed by atoms with Gasteiger partial charge in [0.05, 0.1) is 36.9 Å². The van der Waals surface area contributed by atoms with E-state index in [0.717, 1.165) is 36.1 Å². The molecule has 0 radical (unpaired) electrons. The van der Waals surface area contributed by atoms with Crippen LogP contribution in [0.4, 0.5) is 0 Å². The molecule has 0 saturated carbocycles. The van der Waals surface area contributed by atoms with Gasteiger partial charge in [0.15, 0.2) is 0 Å². The van der Waals surface area contributed by atoms with Crippen LogP contribution in [0.3, 0.4) is 0 Å². The molecule has 3 unspecified atom stereocenters. The first-order valence-electron chi connectivity index (χ1n) is 9.68. The predicted molar refractivity (Wildman–Crippen MR) is 106 cm³/mol. The number of fused-ring (bicyclic) bond motifs is 5. The van der Waals surface area contributed by atoms with Crippen molar-refractivity contribution < 1.29 is 19.0 Å². The highest BCUT2D eigenvalue weighted by atomic mass is 16.5. The molecule has 146 valence electrons. The van der Waals surface area contributed by atoms with Gasteiger partial charge in [-0.1, -0.05) is 6.08 Å². The highest BCUT2D eigenvalue weighted by molar-refractivity contribution is 5.89. The molecule has 4 heterocycles. The van der Waals surface area contributed by atoms with Crippen LogP contribution in [0.2, 0.25) is 0 Å². The fourth-order valence-corrected chi connectivity index (χ4v) is 4.89. The minimum atomic E-state index is -0.292. The Morgan fingerprint density at radius 3 is 2.96 bits per heavy atom. The number of aromatic amines is 1. The zero-order valence-corrected chi connectivity index (χ0v) is 16.3. The monoisotopic (exact) mass is 380 g/mol. The van der Waals surface area contributed by atoms with E-state index in [1.807, 2.05) is 12.1 Å². The van der Waals surface area contributed by atoms with Crippen LogP contribution in [0.25, 0.3) is 22.7 Å². The first-order valence-corrected chi connectivity index (χ1v) is 9.68. The van der Waals surface area contributed by atoms with Crippen molar-refractivity contribution in [1.82, 2.24) is 9.88 Å².